The Morgan fingerprint density at radius 3 is 0.566 bits per heavy atom. The van der Waals surface area contributed by atoms with Gasteiger partial charge in [0, 0.05) is 90.4 Å². The molecule has 0 amide bonds. The molecule has 0 radical (unpaired) electrons. The fraction of sp³-hybridized carbons (Fsp3) is 0.250. The van der Waals surface area contributed by atoms with Crippen LogP contribution in [0.2, 0.25) is 0 Å². The molecule has 1 aliphatic carbocycles. The lowest BCUT2D eigenvalue weighted by Gasteiger charge is -2.28. The van der Waals surface area contributed by atoms with Gasteiger partial charge in [-0.2, -0.15) is 0 Å². The molecule has 9 rings (SSSR count). The molecule has 0 spiro atoms. The summed E-state index contributed by atoms with van der Waals surface area (Å²) >= 11 is 0. The van der Waals surface area contributed by atoms with Crippen molar-refractivity contribution < 1.29 is 62.1 Å². The van der Waals surface area contributed by atoms with E-state index >= 15 is 0 Å². The highest BCUT2D eigenvalue weighted by Gasteiger charge is 2.35. The molecular formula is C64H72N4O8+4. The number of benzene rings is 8. The van der Waals surface area contributed by atoms with Gasteiger partial charge < -0.3 is 62.1 Å². The van der Waals surface area contributed by atoms with Crippen LogP contribution in [0.3, 0.4) is 0 Å². The van der Waals surface area contributed by atoms with E-state index in [1.54, 1.807) is 24.3 Å². The number of aromatic hydroxyl groups is 8. The Balaban J connectivity index is 1.27. The number of hydrogen-bond donors (Lipinski definition) is 12. The maximum absolute atomic E-state index is 12.5. The van der Waals surface area contributed by atoms with Crippen LogP contribution in [-0.4, -0.2) is 40.9 Å². The third-order valence-electron chi connectivity index (χ3n) is 15.7. The Labute approximate surface area is 444 Å². The van der Waals surface area contributed by atoms with Gasteiger partial charge in [-0.05, 0) is 24.3 Å². The number of fused-ring (bicyclic) bond motifs is 8. The second-order valence-electron chi connectivity index (χ2n) is 20.5. The van der Waals surface area contributed by atoms with E-state index in [0.717, 1.165) is 22.3 Å². The SMILES string of the molecule is CC1c2cc(c(O)c(C[NH2+]Cc3ccccc3)c2O)C(C)c2cc(c(O)c(C[NH2+]Cc3ccccc3)c2O)C(C)c2cc(c(O)c(C[NH2+]Cc3ccccc3)c2O)C(C)c2cc1c(O)c(C[NH2+]Cc1ccccc1)c2O. The summed E-state index contributed by atoms with van der Waals surface area (Å²) in [6.45, 7) is 10.4. The summed E-state index contributed by atoms with van der Waals surface area (Å²) in [5, 5.41) is 108. The lowest BCUT2D eigenvalue weighted by Crippen LogP contribution is -2.80. The van der Waals surface area contributed by atoms with Gasteiger partial charge in [-0.3, -0.25) is 0 Å². The molecule has 76 heavy (non-hydrogen) atoms. The van der Waals surface area contributed by atoms with E-state index < -0.39 is 23.7 Å². The molecule has 12 heteroatoms. The minimum atomic E-state index is -0.744. The first-order valence-electron chi connectivity index (χ1n) is 26.5. The summed E-state index contributed by atoms with van der Waals surface area (Å²) in [5.74, 6) is -4.18. The summed E-state index contributed by atoms with van der Waals surface area (Å²) in [5.41, 5.74) is 8.56. The van der Waals surface area contributed by atoms with Crippen molar-refractivity contribution in [2.24, 2.45) is 0 Å². The minimum absolute atomic E-state index is 0.150. The van der Waals surface area contributed by atoms with Crippen molar-refractivity contribution in [2.45, 2.75) is 104 Å². The van der Waals surface area contributed by atoms with Crippen molar-refractivity contribution in [2.75, 3.05) is 0 Å². The molecule has 0 saturated heterocycles. The topological polar surface area (TPSA) is 228 Å². The lowest BCUT2D eigenvalue weighted by molar-refractivity contribution is -0.686. The minimum Gasteiger partial charge on any atom is -0.507 e. The van der Waals surface area contributed by atoms with Crippen LogP contribution >= 0.6 is 0 Å². The summed E-state index contributed by atoms with van der Waals surface area (Å²) in [4.78, 5) is 0. The van der Waals surface area contributed by atoms with Crippen LogP contribution in [-0.2, 0) is 52.4 Å². The Hall–Kier alpha value is -8.00. The van der Waals surface area contributed by atoms with Crippen LogP contribution in [0.4, 0.5) is 0 Å². The van der Waals surface area contributed by atoms with Gasteiger partial charge in [0.2, 0.25) is 0 Å². The number of phenolic OH excluding ortho intramolecular Hbond substituents is 8. The number of nitrogens with two attached hydrogens (primary N) is 4. The highest BCUT2D eigenvalue weighted by Crippen LogP contribution is 2.53. The Morgan fingerprint density at radius 2 is 0.408 bits per heavy atom. The van der Waals surface area contributed by atoms with Gasteiger partial charge in [0.15, 0.2) is 0 Å². The first kappa shape index (κ1) is 52.8. The molecule has 0 atom stereocenters. The van der Waals surface area contributed by atoms with Crippen LogP contribution in [0, 0.1) is 0 Å². The summed E-state index contributed by atoms with van der Waals surface area (Å²) in [7, 11) is 0. The zero-order chi connectivity index (χ0) is 53.6. The van der Waals surface area contributed by atoms with Gasteiger partial charge in [0.05, 0.1) is 22.3 Å². The molecule has 8 aromatic carbocycles. The van der Waals surface area contributed by atoms with E-state index in [2.05, 4.69) is 0 Å². The van der Waals surface area contributed by atoms with Crippen LogP contribution in [0.1, 0.15) is 140 Å². The first-order valence-corrected chi connectivity index (χ1v) is 26.5. The highest BCUT2D eigenvalue weighted by molar-refractivity contribution is 5.67. The third kappa shape index (κ3) is 10.9. The Morgan fingerprint density at radius 1 is 0.250 bits per heavy atom. The molecule has 0 saturated carbocycles. The Bertz CT molecular complexity index is 2760. The molecular weight excluding hydrogens is 953 g/mol. The quantitative estimate of drug-likeness (QED) is 0.0469. The molecule has 0 aliphatic heterocycles. The zero-order valence-corrected chi connectivity index (χ0v) is 43.7. The summed E-state index contributed by atoms with van der Waals surface area (Å²) in [6, 6.07) is 46.5. The molecule has 0 unspecified atom stereocenters. The fourth-order valence-electron chi connectivity index (χ4n) is 11.1. The van der Waals surface area contributed by atoms with Gasteiger partial charge in [0.1, 0.15) is 98.4 Å². The van der Waals surface area contributed by atoms with Crippen molar-refractivity contribution in [1.29, 1.82) is 0 Å². The Kier molecular flexibility index (Phi) is 16.2. The second kappa shape index (κ2) is 23.3. The van der Waals surface area contributed by atoms with E-state index in [9.17, 15) is 40.9 Å². The fourth-order valence-corrected chi connectivity index (χ4v) is 11.1. The van der Waals surface area contributed by atoms with Crippen LogP contribution in [0.25, 0.3) is 0 Å². The third-order valence-corrected chi connectivity index (χ3v) is 15.7. The van der Waals surface area contributed by atoms with E-state index in [1.807, 2.05) is 170 Å². The van der Waals surface area contributed by atoms with Crippen molar-refractivity contribution in [3.8, 4) is 46.0 Å². The summed E-state index contributed by atoms with van der Waals surface area (Å²) in [6.07, 6.45) is 0. The molecule has 0 fully saturated rings. The average Bonchev–Trinajstić information content (AvgIpc) is 3.43. The standard InChI is InChI=1S/C64H68N4O8/c1-37-45-25-47(59(71)53(57(45)69)33-65-29-41-17-9-5-10-18-41)38(2)49-27-51(63(75)55(61(49)73)35-67-31-43-21-13-7-14-22-43)40(4)52-28-50(62(74)56(64(52)76)36-68-32-44-23-15-8-16-24-44)39(3)48-26-46(37)58(70)54(60(48)72)34-66-30-42-19-11-6-12-20-42/h5-28,37-40,65-76H,29-36H2,1-4H3/p+4. The van der Waals surface area contributed by atoms with Gasteiger partial charge in [-0.25, -0.2) is 0 Å². The van der Waals surface area contributed by atoms with Crippen LogP contribution in [0.15, 0.2) is 146 Å². The molecule has 0 heterocycles. The van der Waals surface area contributed by atoms with Gasteiger partial charge in [-0.1, -0.05) is 149 Å². The highest BCUT2D eigenvalue weighted by atomic mass is 16.3. The largest absolute Gasteiger partial charge is 0.507 e. The van der Waals surface area contributed by atoms with Gasteiger partial charge >= 0.3 is 0 Å². The number of hydrogen-bond acceptors (Lipinski definition) is 8. The monoisotopic (exact) mass is 1020 g/mol. The predicted octanol–water partition coefficient (Wildman–Crippen LogP) is 7.31. The molecule has 12 nitrogen and oxygen atoms in total. The lowest BCUT2D eigenvalue weighted by atomic mass is 9.78. The zero-order valence-electron chi connectivity index (χ0n) is 43.7. The summed E-state index contributed by atoms with van der Waals surface area (Å²) < 4.78 is 0. The second-order valence-corrected chi connectivity index (χ2v) is 20.5. The van der Waals surface area contributed by atoms with E-state index in [-0.39, 0.29) is 94.4 Å². The van der Waals surface area contributed by atoms with E-state index in [0.29, 0.717) is 70.7 Å². The van der Waals surface area contributed by atoms with E-state index in [1.165, 1.54) is 0 Å². The van der Waals surface area contributed by atoms with Crippen molar-refractivity contribution in [3.05, 3.63) is 235 Å². The molecule has 16 N–H and O–H groups in total. The van der Waals surface area contributed by atoms with Crippen LogP contribution in [0.5, 0.6) is 46.0 Å². The smallest absolute Gasteiger partial charge is 0.131 e. The van der Waals surface area contributed by atoms with Crippen molar-refractivity contribution in [1.82, 2.24) is 0 Å². The molecule has 8 aromatic rings. The molecule has 8 bridgehead atoms. The van der Waals surface area contributed by atoms with Crippen LogP contribution < -0.4 is 21.3 Å². The first-order chi connectivity index (χ1) is 36.7. The number of quaternary nitrogens is 4. The number of rotatable bonds is 16. The van der Waals surface area contributed by atoms with Gasteiger partial charge in [0.25, 0.3) is 0 Å². The molecule has 1 aliphatic rings. The molecule has 0 aromatic heterocycles. The predicted molar refractivity (Wildman–Crippen MR) is 292 cm³/mol. The maximum atomic E-state index is 12.5. The normalized spacial score (nSPS) is 16.2. The average molecular weight is 1030 g/mol. The van der Waals surface area contributed by atoms with Crippen molar-refractivity contribution >= 4 is 0 Å². The van der Waals surface area contributed by atoms with E-state index in [4.69, 9.17) is 0 Å². The maximum Gasteiger partial charge on any atom is 0.131 e. The molecule has 392 valence electrons. The van der Waals surface area contributed by atoms with Crippen molar-refractivity contribution in [3.63, 3.8) is 0 Å². The number of phenols is 8. The van der Waals surface area contributed by atoms with Gasteiger partial charge in [-0.15, -0.1) is 0 Å².